The largest absolute Gasteiger partial charge is 0.464 e. The number of hydrogen-bond donors (Lipinski definition) is 1. The minimum absolute atomic E-state index is 0.0339. The van der Waals surface area contributed by atoms with Gasteiger partial charge in [0.05, 0.1) is 18.7 Å². The summed E-state index contributed by atoms with van der Waals surface area (Å²) in [4.78, 5) is 26.6. The SMILES string of the molecule is Cc1cc(C)c2c(CC(=O)NC3CC(=O)N(c4ccccc4)C3)coc2c1. The molecule has 1 aromatic heterocycles. The highest BCUT2D eigenvalue weighted by atomic mass is 16.3. The molecule has 1 atom stereocenters. The molecule has 1 unspecified atom stereocenters. The van der Waals surface area contributed by atoms with Crippen molar-refractivity contribution in [1.29, 1.82) is 0 Å². The molecule has 27 heavy (non-hydrogen) atoms. The Kier molecular flexibility index (Phi) is 4.44. The Hall–Kier alpha value is -3.08. The lowest BCUT2D eigenvalue weighted by molar-refractivity contribution is -0.121. The van der Waals surface area contributed by atoms with E-state index in [0.29, 0.717) is 13.0 Å². The first kappa shape index (κ1) is 17.3. The van der Waals surface area contributed by atoms with Gasteiger partial charge in [-0.25, -0.2) is 0 Å². The number of amides is 2. The molecule has 5 nitrogen and oxygen atoms in total. The van der Waals surface area contributed by atoms with Crippen LogP contribution < -0.4 is 10.2 Å². The Balaban J connectivity index is 1.44. The summed E-state index contributed by atoms with van der Waals surface area (Å²) in [6.07, 6.45) is 2.23. The van der Waals surface area contributed by atoms with Gasteiger partial charge in [-0.05, 0) is 43.2 Å². The number of furan rings is 1. The minimum atomic E-state index is -0.174. The van der Waals surface area contributed by atoms with E-state index in [1.807, 2.05) is 50.2 Å². The average molecular weight is 362 g/mol. The number of carbonyl (C=O) groups excluding carboxylic acids is 2. The third-order valence-electron chi connectivity index (χ3n) is 5.00. The van der Waals surface area contributed by atoms with Crippen molar-refractivity contribution in [1.82, 2.24) is 5.32 Å². The van der Waals surface area contributed by atoms with Crippen molar-refractivity contribution in [3.05, 3.63) is 65.4 Å². The van der Waals surface area contributed by atoms with Gasteiger partial charge >= 0.3 is 0 Å². The van der Waals surface area contributed by atoms with Crippen LogP contribution >= 0.6 is 0 Å². The van der Waals surface area contributed by atoms with Crippen LogP contribution in [0, 0.1) is 13.8 Å². The van der Waals surface area contributed by atoms with Crippen molar-refractivity contribution in [3.63, 3.8) is 0 Å². The van der Waals surface area contributed by atoms with Gasteiger partial charge in [0, 0.05) is 29.6 Å². The number of carbonyl (C=O) groups is 2. The fourth-order valence-electron chi connectivity index (χ4n) is 3.87. The van der Waals surface area contributed by atoms with E-state index in [-0.39, 0.29) is 24.3 Å². The molecule has 1 saturated heterocycles. The van der Waals surface area contributed by atoms with E-state index < -0.39 is 0 Å². The van der Waals surface area contributed by atoms with Gasteiger partial charge in [0.25, 0.3) is 0 Å². The molecule has 2 heterocycles. The minimum Gasteiger partial charge on any atom is -0.464 e. The first-order valence-electron chi connectivity index (χ1n) is 9.13. The first-order valence-corrected chi connectivity index (χ1v) is 9.13. The number of nitrogens with one attached hydrogen (secondary N) is 1. The molecule has 5 heteroatoms. The maximum Gasteiger partial charge on any atom is 0.229 e. The topological polar surface area (TPSA) is 62.6 Å². The van der Waals surface area contributed by atoms with Gasteiger partial charge in [-0.2, -0.15) is 0 Å². The van der Waals surface area contributed by atoms with Crippen molar-refractivity contribution in [2.75, 3.05) is 11.4 Å². The molecule has 138 valence electrons. The summed E-state index contributed by atoms with van der Waals surface area (Å²) in [6.45, 7) is 4.55. The lowest BCUT2D eigenvalue weighted by Crippen LogP contribution is -2.38. The Bertz CT molecular complexity index is 1010. The molecule has 0 aliphatic carbocycles. The van der Waals surface area contributed by atoms with Crippen LogP contribution in [0.25, 0.3) is 11.0 Å². The van der Waals surface area contributed by atoms with E-state index in [1.165, 1.54) is 0 Å². The predicted octanol–water partition coefficient (Wildman–Crippen LogP) is 3.51. The number of rotatable bonds is 4. The molecule has 1 aliphatic rings. The van der Waals surface area contributed by atoms with Crippen LogP contribution in [-0.4, -0.2) is 24.4 Å². The molecule has 1 N–H and O–H groups in total. The third-order valence-corrected chi connectivity index (χ3v) is 5.00. The summed E-state index contributed by atoms with van der Waals surface area (Å²) in [7, 11) is 0. The molecule has 2 aromatic carbocycles. The summed E-state index contributed by atoms with van der Waals surface area (Å²) in [5.74, 6) is -0.0584. The summed E-state index contributed by atoms with van der Waals surface area (Å²) < 4.78 is 5.63. The van der Waals surface area contributed by atoms with Crippen molar-refractivity contribution >= 4 is 28.5 Å². The summed E-state index contributed by atoms with van der Waals surface area (Å²) in [6, 6.07) is 13.4. The van der Waals surface area contributed by atoms with Crippen LogP contribution in [0.5, 0.6) is 0 Å². The molecule has 1 fully saturated rings. The fourth-order valence-corrected chi connectivity index (χ4v) is 3.87. The van der Waals surface area contributed by atoms with Gasteiger partial charge in [-0.1, -0.05) is 24.3 Å². The van der Waals surface area contributed by atoms with E-state index in [0.717, 1.165) is 33.3 Å². The zero-order chi connectivity index (χ0) is 19.0. The molecular formula is C22H22N2O3. The van der Waals surface area contributed by atoms with Crippen LogP contribution in [0.1, 0.15) is 23.1 Å². The van der Waals surface area contributed by atoms with Gasteiger partial charge in [0.1, 0.15) is 5.58 Å². The molecule has 3 aromatic rings. The maximum absolute atomic E-state index is 12.6. The molecule has 0 saturated carbocycles. The fraction of sp³-hybridized carbons (Fsp3) is 0.273. The monoisotopic (exact) mass is 362 g/mol. The predicted molar refractivity (Wildman–Crippen MR) is 105 cm³/mol. The smallest absolute Gasteiger partial charge is 0.229 e. The van der Waals surface area contributed by atoms with E-state index in [1.54, 1.807) is 11.2 Å². The van der Waals surface area contributed by atoms with Crippen LogP contribution in [0.3, 0.4) is 0 Å². The van der Waals surface area contributed by atoms with Crippen molar-refractivity contribution < 1.29 is 14.0 Å². The summed E-state index contributed by atoms with van der Waals surface area (Å²) in [5.41, 5.74) is 4.79. The third kappa shape index (κ3) is 3.45. The Morgan fingerprint density at radius 2 is 2.00 bits per heavy atom. The highest BCUT2D eigenvalue weighted by Gasteiger charge is 2.31. The number of anilines is 1. The standard InChI is InChI=1S/C22H22N2O3/c1-14-8-15(2)22-16(13-27-19(22)9-14)10-20(25)23-17-11-21(26)24(12-17)18-6-4-3-5-7-18/h3-9,13,17H,10-12H2,1-2H3,(H,23,25). The van der Waals surface area contributed by atoms with Gasteiger partial charge < -0.3 is 14.6 Å². The summed E-state index contributed by atoms with van der Waals surface area (Å²) in [5, 5.41) is 4.00. The quantitative estimate of drug-likeness (QED) is 0.772. The van der Waals surface area contributed by atoms with Crippen LogP contribution in [0.2, 0.25) is 0 Å². The summed E-state index contributed by atoms with van der Waals surface area (Å²) >= 11 is 0. The van der Waals surface area contributed by atoms with Crippen molar-refractivity contribution in [3.8, 4) is 0 Å². The number of benzene rings is 2. The van der Waals surface area contributed by atoms with Crippen molar-refractivity contribution in [2.24, 2.45) is 0 Å². The second-order valence-corrected chi connectivity index (χ2v) is 7.20. The van der Waals surface area contributed by atoms with E-state index in [2.05, 4.69) is 11.4 Å². The Labute approximate surface area is 158 Å². The maximum atomic E-state index is 12.6. The average Bonchev–Trinajstić information content (AvgIpc) is 3.19. The van der Waals surface area contributed by atoms with Gasteiger partial charge in [-0.3, -0.25) is 9.59 Å². The number of hydrogen-bond acceptors (Lipinski definition) is 3. The highest BCUT2D eigenvalue weighted by molar-refractivity contribution is 5.97. The van der Waals surface area contributed by atoms with Crippen molar-refractivity contribution in [2.45, 2.75) is 32.7 Å². The second kappa shape index (κ2) is 6.91. The van der Waals surface area contributed by atoms with E-state index in [9.17, 15) is 9.59 Å². The van der Waals surface area contributed by atoms with Gasteiger partial charge in [0.15, 0.2) is 0 Å². The molecule has 0 spiro atoms. The molecular weight excluding hydrogens is 340 g/mol. The number of fused-ring (bicyclic) bond motifs is 1. The van der Waals surface area contributed by atoms with Crippen LogP contribution in [0.15, 0.2) is 53.1 Å². The van der Waals surface area contributed by atoms with Crippen LogP contribution in [0.4, 0.5) is 5.69 Å². The number of aryl methyl sites for hydroxylation is 2. The molecule has 2 amide bonds. The normalized spacial score (nSPS) is 16.9. The van der Waals surface area contributed by atoms with Crippen LogP contribution in [-0.2, 0) is 16.0 Å². The molecule has 1 aliphatic heterocycles. The Morgan fingerprint density at radius 3 is 2.78 bits per heavy atom. The highest BCUT2D eigenvalue weighted by Crippen LogP contribution is 2.27. The van der Waals surface area contributed by atoms with E-state index in [4.69, 9.17) is 4.42 Å². The second-order valence-electron chi connectivity index (χ2n) is 7.20. The lowest BCUT2D eigenvalue weighted by atomic mass is 10.0. The zero-order valence-corrected chi connectivity index (χ0v) is 15.5. The molecule has 4 rings (SSSR count). The molecule has 0 bridgehead atoms. The van der Waals surface area contributed by atoms with Gasteiger partial charge in [0.2, 0.25) is 11.8 Å². The Morgan fingerprint density at radius 1 is 1.22 bits per heavy atom. The lowest BCUT2D eigenvalue weighted by Gasteiger charge is -2.17. The molecule has 0 radical (unpaired) electrons. The number of para-hydroxylation sites is 1. The van der Waals surface area contributed by atoms with Gasteiger partial charge in [-0.15, -0.1) is 0 Å². The number of nitrogens with zero attached hydrogens (tertiary/aromatic N) is 1. The van der Waals surface area contributed by atoms with E-state index >= 15 is 0 Å². The first-order chi connectivity index (χ1) is 13.0. The zero-order valence-electron chi connectivity index (χ0n) is 15.5.